The minimum atomic E-state index is -0.273. The molecule has 1 amide bonds. The van der Waals surface area contributed by atoms with E-state index in [4.69, 9.17) is 0 Å². The van der Waals surface area contributed by atoms with Gasteiger partial charge in [0.25, 0.3) is 0 Å². The number of hydrogen-bond acceptors (Lipinski definition) is 3. The Morgan fingerprint density at radius 1 is 1.14 bits per heavy atom. The highest BCUT2D eigenvalue weighted by molar-refractivity contribution is 5.81. The molecule has 21 heavy (non-hydrogen) atoms. The van der Waals surface area contributed by atoms with Gasteiger partial charge in [-0.2, -0.15) is 0 Å². The standard InChI is InChI=1S/C17H32N2O2/c1-12-8-13(2)10-19(9-12)17(21)14(3)18-7-5-6-16(11-18)15(4)20/h12-16,20H,5-11H2,1-4H3. The highest BCUT2D eigenvalue weighted by Gasteiger charge is 2.33. The van der Waals surface area contributed by atoms with Gasteiger partial charge in [-0.15, -0.1) is 0 Å². The van der Waals surface area contributed by atoms with Crippen molar-refractivity contribution in [3.63, 3.8) is 0 Å². The number of hydrogen-bond donors (Lipinski definition) is 1. The first-order chi connectivity index (χ1) is 9.88. The molecule has 4 nitrogen and oxygen atoms in total. The van der Waals surface area contributed by atoms with Gasteiger partial charge in [-0.25, -0.2) is 0 Å². The lowest BCUT2D eigenvalue weighted by molar-refractivity contribution is -0.140. The molecule has 2 aliphatic rings. The largest absolute Gasteiger partial charge is 0.393 e. The van der Waals surface area contributed by atoms with Crippen molar-refractivity contribution in [2.24, 2.45) is 17.8 Å². The molecule has 2 fully saturated rings. The molecule has 0 spiro atoms. The summed E-state index contributed by atoms with van der Waals surface area (Å²) in [5.41, 5.74) is 0. The van der Waals surface area contributed by atoms with Crippen molar-refractivity contribution in [2.45, 2.75) is 59.1 Å². The number of likely N-dealkylation sites (tertiary alicyclic amines) is 2. The Balaban J connectivity index is 1.95. The predicted molar refractivity (Wildman–Crippen MR) is 85.0 cm³/mol. The number of aliphatic hydroxyl groups is 1. The van der Waals surface area contributed by atoms with Crippen LogP contribution in [0, 0.1) is 17.8 Å². The van der Waals surface area contributed by atoms with Crippen molar-refractivity contribution < 1.29 is 9.90 Å². The SMILES string of the molecule is CC1CC(C)CN(C(=O)C(C)N2CCCC(C(C)O)C2)C1. The number of nitrogens with zero attached hydrogens (tertiary/aromatic N) is 2. The molecule has 0 aliphatic carbocycles. The summed E-state index contributed by atoms with van der Waals surface area (Å²) in [6.07, 6.45) is 3.11. The molecule has 5 unspecified atom stereocenters. The molecule has 5 atom stereocenters. The summed E-state index contributed by atoms with van der Waals surface area (Å²) in [6, 6.07) is -0.0518. The normalized spacial score (nSPS) is 34.5. The Hall–Kier alpha value is -0.610. The van der Waals surface area contributed by atoms with Crippen molar-refractivity contribution in [1.29, 1.82) is 0 Å². The van der Waals surface area contributed by atoms with E-state index in [0.717, 1.165) is 39.0 Å². The smallest absolute Gasteiger partial charge is 0.239 e. The van der Waals surface area contributed by atoms with Gasteiger partial charge in [-0.1, -0.05) is 13.8 Å². The Morgan fingerprint density at radius 2 is 1.76 bits per heavy atom. The lowest BCUT2D eigenvalue weighted by Gasteiger charge is -2.41. The van der Waals surface area contributed by atoms with E-state index in [1.807, 2.05) is 13.8 Å². The summed E-state index contributed by atoms with van der Waals surface area (Å²) in [4.78, 5) is 17.1. The Kier molecular flexibility index (Phi) is 5.67. The molecule has 4 heteroatoms. The second-order valence-corrected chi connectivity index (χ2v) is 7.50. The van der Waals surface area contributed by atoms with Crippen molar-refractivity contribution in [3.8, 4) is 0 Å². The van der Waals surface area contributed by atoms with Crippen molar-refractivity contribution in [1.82, 2.24) is 9.80 Å². The second-order valence-electron chi connectivity index (χ2n) is 7.50. The number of carbonyl (C=O) groups is 1. The highest BCUT2D eigenvalue weighted by Crippen LogP contribution is 2.25. The second kappa shape index (κ2) is 7.10. The first-order valence-corrected chi connectivity index (χ1v) is 8.59. The van der Waals surface area contributed by atoms with Crippen LogP contribution in [0.5, 0.6) is 0 Å². The van der Waals surface area contributed by atoms with Crippen LogP contribution in [0.1, 0.15) is 47.0 Å². The van der Waals surface area contributed by atoms with Gasteiger partial charge in [0.15, 0.2) is 0 Å². The maximum Gasteiger partial charge on any atom is 0.239 e. The zero-order valence-corrected chi connectivity index (χ0v) is 14.1. The third kappa shape index (κ3) is 4.19. The molecule has 2 rings (SSSR count). The van der Waals surface area contributed by atoms with Gasteiger partial charge in [-0.3, -0.25) is 9.69 Å². The van der Waals surface area contributed by atoms with Crippen LogP contribution in [0.15, 0.2) is 0 Å². The zero-order chi connectivity index (χ0) is 15.6. The first-order valence-electron chi connectivity index (χ1n) is 8.59. The van der Waals surface area contributed by atoms with Gasteiger partial charge >= 0.3 is 0 Å². The fourth-order valence-corrected chi connectivity index (χ4v) is 4.05. The van der Waals surface area contributed by atoms with Crippen LogP contribution >= 0.6 is 0 Å². The topological polar surface area (TPSA) is 43.8 Å². The van der Waals surface area contributed by atoms with Gasteiger partial charge in [-0.05, 0) is 57.4 Å². The van der Waals surface area contributed by atoms with Gasteiger partial charge in [0.2, 0.25) is 5.91 Å². The molecule has 0 bridgehead atoms. The van der Waals surface area contributed by atoms with Gasteiger partial charge in [0.05, 0.1) is 12.1 Å². The van der Waals surface area contributed by atoms with Crippen LogP contribution in [0.4, 0.5) is 0 Å². The maximum absolute atomic E-state index is 12.8. The molecule has 1 N–H and O–H groups in total. The molecule has 0 aromatic heterocycles. The van der Waals surface area contributed by atoms with E-state index in [1.54, 1.807) is 0 Å². The molecule has 0 radical (unpaired) electrons. The molecular formula is C17H32N2O2. The summed E-state index contributed by atoms with van der Waals surface area (Å²) >= 11 is 0. The number of rotatable bonds is 3. The van der Waals surface area contributed by atoms with E-state index in [9.17, 15) is 9.90 Å². The molecule has 0 aromatic carbocycles. The molecular weight excluding hydrogens is 264 g/mol. The summed E-state index contributed by atoms with van der Waals surface area (Å²) < 4.78 is 0. The number of piperidine rings is 2. The van der Waals surface area contributed by atoms with Gasteiger partial charge in [0.1, 0.15) is 0 Å². The third-order valence-electron chi connectivity index (χ3n) is 5.26. The molecule has 2 aliphatic heterocycles. The van der Waals surface area contributed by atoms with E-state index >= 15 is 0 Å². The van der Waals surface area contributed by atoms with E-state index < -0.39 is 0 Å². The van der Waals surface area contributed by atoms with Crippen molar-refractivity contribution in [2.75, 3.05) is 26.2 Å². The minimum Gasteiger partial charge on any atom is -0.393 e. The Labute approximate surface area is 129 Å². The highest BCUT2D eigenvalue weighted by atomic mass is 16.3. The summed E-state index contributed by atoms with van der Waals surface area (Å²) in [5, 5.41) is 9.81. The molecule has 2 saturated heterocycles. The fourth-order valence-electron chi connectivity index (χ4n) is 4.05. The summed E-state index contributed by atoms with van der Waals surface area (Å²) in [6.45, 7) is 12.0. The van der Waals surface area contributed by atoms with Crippen LogP contribution in [0.2, 0.25) is 0 Å². The van der Waals surface area contributed by atoms with Crippen molar-refractivity contribution >= 4 is 5.91 Å². The monoisotopic (exact) mass is 296 g/mol. The quantitative estimate of drug-likeness (QED) is 0.866. The lowest BCUT2D eigenvalue weighted by atomic mass is 9.90. The van der Waals surface area contributed by atoms with Gasteiger partial charge < -0.3 is 10.0 Å². The number of aliphatic hydroxyl groups excluding tert-OH is 1. The zero-order valence-electron chi connectivity index (χ0n) is 14.1. The number of carbonyl (C=O) groups excluding carboxylic acids is 1. The Bertz CT molecular complexity index is 349. The minimum absolute atomic E-state index is 0.0518. The third-order valence-corrected chi connectivity index (χ3v) is 5.26. The lowest BCUT2D eigenvalue weighted by Crippen LogP contribution is -2.54. The Morgan fingerprint density at radius 3 is 2.33 bits per heavy atom. The van der Waals surface area contributed by atoms with E-state index in [1.165, 1.54) is 6.42 Å². The summed E-state index contributed by atoms with van der Waals surface area (Å²) in [5.74, 6) is 1.81. The molecule has 0 saturated carbocycles. The summed E-state index contributed by atoms with van der Waals surface area (Å²) in [7, 11) is 0. The van der Waals surface area contributed by atoms with Crippen LogP contribution in [0.25, 0.3) is 0 Å². The van der Waals surface area contributed by atoms with E-state index in [0.29, 0.717) is 17.8 Å². The van der Waals surface area contributed by atoms with Crippen molar-refractivity contribution in [3.05, 3.63) is 0 Å². The molecule has 2 heterocycles. The first kappa shape index (κ1) is 16.8. The van der Waals surface area contributed by atoms with Crippen LogP contribution in [-0.2, 0) is 4.79 Å². The number of amides is 1. The van der Waals surface area contributed by atoms with Crippen LogP contribution < -0.4 is 0 Å². The van der Waals surface area contributed by atoms with Crippen LogP contribution in [0.3, 0.4) is 0 Å². The average molecular weight is 296 g/mol. The van der Waals surface area contributed by atoms with E-state index in [2.05, 4.69) is 23.6 Å². The maximum atomic E-state index is 12.8. The predicted octanol–water partition coefficient (Wildman–Crippen LogP) is 1.97. The average Bonchev–Trinajstić information content (AvgIpc) is 2.44. The van der Waals surface area contributed by atoms with Gasteiger partial charge in [0, 0.05) is 19.6 Å². The molecule has 0 aromatic rings. The van der Waals surface area contributed by atoms with Crippen LogP contribution in [-0.4, -0.2) is 59.1 Å². The van der Waals surface area contributed by atoms with E-state index in [-0.39, 0.29) is 18.1 Å². The molecule has 122 valence electrons. The fraction of sp³-hybridized carbons (Fsp3) is 0.941.